The van der Waals surface area contributed by atoms with Gasteiger partial charge in [0.1, 0.15) is 0 Å². The molecule has 0 saturated carbocycles. The van der Waals surface area contributed by atoms with Crippen LogP contribution in [0.5, 0.6) is 6.01 Å². The van der Waals surface area contributed by atoms with Crippen molar-refractivity contribution in [1.29, 1.82) is 0 Å². The van der Waals surface area contributed by atoms with E-state index < -0.39 is 16.3 Å². The number of benzene rings is 1. The highest BCUT2D eigenvalue weighted by Crippen LogP contribution is 2.28. The first-order valence-corrected chi connectivity index (χ1v) is 12.9. The van der Waals surface area contributed by atoms with Crippen LogP contribution in [0.1, 0.15) is 11.1 Å². The molecule has 0 spiro atoms. The quantitative estimate of drug-likeness (QED) is 0.526. The number of aromatic nitrogens is 3. The van der Waals surface area contributed by atoms with E-state index in [1.807, 2.05) is 30.3 Å². The molecule has 1 amide bonds. The molecular weight excluding hydrogens is 492 g/mol. The Morgan fingerprint density at radius 3 is 2.34 bits per heavy atom. The highest BCUT2D eigenvalue weighted by Gasteiger charge is 2.36. The smallest absolute Gasteiger partial charge is 0.374 e. The van der Waals surface area contributed by atoms with Gasteiger partial charge < -0.3 is 9.64 Å². The van der Waals surface area contributed by atoms with Gasteiger partial charge in [-0.05, 0) is 41.3 Å². The third-order valence-corrected chi connectivity index (χ3v) is 8.48. The fourth-order valence-corrected chi connectivity index (χ4v) is 6.07. The molecule has 12 heteroatoms. The lowest BCUT2D eigenvalue weighted by molar-refractivity contribution is 0.127. The number of carbonyl (C=O) groups is 1. The molecule has 0 aliphatic carbocycles. The second kappa shape index (κ2) is 9.86. The molecule has 0 radical (unpaired) electrons. The van der Waals surface area contributed by atoms with E-state index in [1.54, 1.807) is 24.8 Å². The first-order valence-electron chi connectivity index (χ1n) is 11.1. The van der Waals surface area contributed by atoms with Crippen LogP contribution in [0.25, 0.3) is 11.1 Å². The van der Waals surface area contributed by atoms with Gasteiger partial charge in [0.05, 0.1) is 0 Å². The Balaban J connectivity index is 1.17. The minimum absolute atomic E-state index is 0.0616. The molecule has 3 aromatic rings. The maximum Gasteiger partial charge on any atom is 0.417 e. The molecular formula is C23H23ClN6O4S. The summed E-state index contributed by atoms with van der Waals surface area (Å²) in [5.41, 5.74) is 3.60. The lowest BCUT2D eigenvalue weighted by atomic mass is 10.0. The normalized spacial score (nSPS) is 17.1. The average molecular weight is 515 g/mol. The van der Waals surface area contributed by atoms with Gasteiger partial charge in [-0.2, -0.15) is 17.0 Å². The van der Waals surface area contributed by atoms with Gasteiger partial charge in [0, 0.05) is 74.6 Å². The van der Waals surface area contributed by atoms with Gasteiger partial charge in [0.25, 0.3) is 10.2 Å². The molecule has 0 atom stereocenters. The molecule has 1 aromatic carbocycles. The maximum absolute atomic E-state index is 13.2. The summed E-state index contributed by atoms with van der Waals surface area (Å²) in [5, 5.41) is 0.669. The summed E-state index contributed by atoms with van der Waals surface area (Å²) in [5.74, 6) is 0. The van der Waals surface area contributed by atoms with Crippen molar-refractivity contribution in [3.8, 4) is 17.1 Å². The molecule has 182 valence electrons. The Hall–Kier alpha value is -3.12. The Labute approximate surface area is 208 Å². The predicted molar refractivity (Wildman–Crippen MR) is 129 cm³/mol. The lowest BCUT2D eigenvalue weighted by Gasteiger charge is -2.37. The average Bonchev–Trinajstić information content (AvgIpc) is 2.89. The van der Waals surface area contributed by atoms with E-state index in [9.17, 15) is 13.2 Å². The molecule has 2 aliphatic rings. The monoisotopic (exact) mass is 514 g/mol. The molecule has 0 N–H and O–H groups in total. The first-order chi connectivity index (χ1) is 16.9. The van der Waals surface area contributed by atoms with E-state index in [4.69, 9.17) is 16.3 Å². The number of amides is 1. The third-order valence-electron chi connectivity index (χ3n) is 6.14. The van der Waals surface area contributed by atoms with Crippen LogP contribution < -0.4 is 4.74 Å². The van der Waals surface area contributed by atoms with Crippen molar-refractivity contribution in [2.45, 2.75) is 13.0 Å². The summed E-state index contributed by atoms with van der Waals surface area (Å²) in [7, 11) is -3.66. The molecule has 0 bridgehead atoms. The molecule has 2 aliphatic heterocycles. The summed E-state index contributed by atoms with van der Waals surface area (Å²) in [4.78, 5) is 26.2. The van der Waals surface area contributed by atoms with Crippen molar-refractivity contribution >= 4 is 27.9 Å². The highest BCUT2D eigenvalue weighted by atomic mass is 35.5. The van der Waals surface area contributed by atoms with Gasteiger partial charge in [-0.3, -0.25) is 4.98 Å². The number of halogens is 1. The second-order valence-electron chi connectivity index (χ2n) is 8.21. The van der Waals surface area contributed by atoms with Gasteiger partial charge in [-0.1, -0.05) is 23.7 Å². The number of hydrogen-bond donors (Lipinski definition) is 0. The first kappa shape index (κ1) is 23.6. The Bertz CT molecular complexity index is 1320. The SMILES string of the molecule is O=C(Oc1ncc(-c2ccncc2)cn1)N1CCN(S(=O)(=O)N2CCc3c(Cl)cccc3C2)CC1. The van der Waals surface area contributed by atoms with Crippen molar-refractivity contribution in [3.05, 3.63) is 71.3 Å². The molecule has 0 unspecified atom stereocenters. The molecule has 10 nitrogen and oxygen atoms in total. The van der Waals surface area contributed by atoms with Gasteiger partial charge in [-0.15, -0.1) is 0 Å². The van der Waals surface area contributed by atoms with E-state index in [-0.39, 0.29) is 38.7 Å². The van der Waals surface area contributed by atoms with Crippen LogP contribution in [-0.4, -0.2) is 75.7 Å². The van der Waals surface area contributed by atoms with Gasteiger partial charge in [0.15, 0.2) is 0 Å². The van der Waals surface area contributed by atoms with Gasteiger partial charge in [0.2, 0.25) is 0 Å². The Morgan fingerprint density at radius 1 is 0.914 bits per heavy atom. The second-order valence-corrected chi connectivity index (χ2v) is 10.5. The fourth-order valence-electron chi connectivity index (χ4n) is 4.20. The van der Waals surface area contributed by atoms with Crippen LogP contribution in [0.2, 0.25) is 5.02 Å². The van der Waals surface area contributed by atoms with Crippen molar-refractivity contribution in [2.24, 2.45) is 0 Å². The zero-order valence-corrected chi connectivity index (χ0v) is 20.3. The van der Waals surface area contributed by atoms with Crippen LogP contribution in [0, 0.1) is 0 Å². The Morgan fingerprint density at radius 2 is 1.63 bits per heavy atom. The maximum atomic E-state index is 13.2. The van der Waals surface area contributed by atoms with E-state index >= 15 is 0 Å². The number of carbonyl (C=O) groups excluding carboxylic acids is 1. The van der Waals surface area contributed by atoms with Crippen LogP contribution in [0.15, 0.2) is 55.1 Å². The van der Waals surface area contributed by atoms with E-state index in [0.717, 1.165) is 22.3 Å². The lowest BCUT2D eigenvalue weighted by Crippen LogP contribution is -2.55. The summed E-state index contributed by atoms with van der Waals surface area (Å²) in [6.45, 7) is 1.44. The van der Waals surface area contributed by atoms with Crippen LogP contribution in [-0.2, 0) is 23.2 Å². The van der Waals surface area contributed by atoms with Gasteiger partial charge >= 0.3 is 12.1 Å². The van der Waals surface area contributed by atoms with Gasteiger partial charge in [-0.25, -0.2) is 14.8 Å². The van der Waals surface area contributed by atoms with Crippen molar-refractivity contribution in [1.82, 2.24) is 28.5 Å². The van der Waals surface area contributed by atoms with Crippen LogP contribution in [0.3, 0.4) is 0 Å². The number of piperazine rings is 1. The van der Waals surface area contributed by atoms with Crippen LogP contribution in [0.4, 0.5) is 4.79 Å². The molecule has 2 aromatic heterocycles. The van der Waals surface area contributed by atoms with E-state index in [0.29, 0.717) is 18.0 Å². The van der Waals surface area contributed by atoms with Crippen molar-refractivity contribution < 1.29 is 17.9 Å². The largest absolute Gasteiger partial charge is 0.417 e. The molecule has 35 heavy (non-hydrogen) atoms. The zero-order valence-electron chi connectivity index (χ0n) is 18.7. The van der Waals surface area contributed by atoms with Crippen molar-refractivity contribution in [3.63, 3.8) is 0 Å². The number of fused-ring (bicyclic) bond motifs is 1. The zero-order chi connectivity index (χ0) is 24.4. The summed E-state index contributed by atoms with van der Waals surface area (Å²) in [6, 6.07) is 9.16. The topological polar surface area (TPSA) is 109 Å². The number of nitrogens with zero attached hydrogens (tertiary/aromatic N) is 6. The van der Waals surface area contributed by atoms with Crippen molar-refractivity contribution in [2.75, 3.05) is 32.7 Å². The summed E-state index contributed by atoms with van der Waals surface area (Å²) < 4.78 is 34.6. The summed E-state index contributed by atoms with van der Waals surface area (Å²) >= 11 is 6.25. The third kappa shape index (κ3) is 4.98. The number of pyridine rings is 1. The highest BCUT2D eigenvalue weighted by molar-refractivity contribution is 7.86. The molecule has 1 fully saturated rings. The van der Waals surface area contributed by atoms with E-state index in [2.05, 4.69) is 15.0 Å². The predicted octanol–water partition coefficient (Wildman–Crippen LogP) is 2.61. The molecule has 1 saturated heterocycles. The standard InChI is InChI=1S/C23H23ClN6O4S/c24-21-3-1-2-18-16-30(9-6-20(18)21)35(32,33)29-12-10-28(11-13-29)23(31)34-22-26-14-19(15-27-22)17-4-7-25-8-5-17/h1-5,7-8,14-15H,6,9-13,16H2. The minimum atomic E-state index is -3.66. The number of hydrogen-bond acceptors (Lipinski definition) is 7. The number of ether oxygens (including phenoxy) is 1. The fraction of sp³-hybridized carbons (Fsp3) is 0.304. The number of rotatable bonds is 4. The molecule has 4 heterocycles. The van der Waals surface area contributed by atoms with E-state index in [1.165, 1.54) is 13.5 Å². The minimum Gasteiger partial charge on any atom is -0.374 e. The van der Waals surface area contributed by atoms with Crippen LogP contribution >= 0.6 is 11.6 Å². The Kier molecular flexibility index (Phi) is 6.65. The molecule has 5 rings (SSSR count). The summed E-state index contributed by atoms with van der Waals surface area (Å²) in [6.07, 6.45) is 6.44.